The fourth-order valence-corrected chi connectivity index (χ4v) is 2.18. The second-order valence-electron chi connectivity index (χ2n) is 4.64. The Balaban J connectivity index is 2.26. The Hall–Kier alpha value is -3.42. The summed E-state index contributed by atoms with van der Waals surface area (Å²) in [4.78, 5) is 34.7. The minimum Gasteiger partial charge on any atom is -0.497 e. The van der Waals surface area contributed by atoms with Gasteiger partial charge in [-0.1, -0.05) is 0 Å². The number of ether oxygens (including phenoxy) is 1. The Morgan fingerprint density at radius 1 is 1.13 bits per heavy atom. The van der Waals surface area contributed by atoms with E-state index < -0.39 is 16.2 Å². The molecule has 8 nitrogen and oxygen atoms in total. The summed E-state index contributed by atoms with van der Waals surface area (Å²) in [5.74, 6) is -0.430. The molecule has 0 atom stereocenters. The highest BCUT2D eigenvalue weighted by Gasteiger charge is 2.13. The molecular formula is C15H10N2O6. The molecule has 116 valence electrons. The van der Waals surface area contributed by atoms with Crippen LogP contribution in [0.4, 0.5) is 5.69 Å². The van der Waals surface area contributed by atoms with E-state index in [-0.39, 0.29) is 22.3 Å². The van der Waals surface area contributed by atoms with Gasteiger partial charge >= 0.3 is 5.76 Å². The first-order valence-corrected chi connectivity index (χ1v) is 6.50. The van der Waals surface area contributed by atoms with Crippen LogP contribution in [0.2, 0.25) is 0 Å². The number of methoxy groups -OCH3 is 1. The van der Waals surface area contributed by atoms with Gasteiger partial charge < -0.3 is 9.15 Å². The van der Waals surface area contributed by atoms with E-state index in [2.05, 4.69) is 0 Å². The monoisotopic (exact) mass is 314 g/mol. The average molecular weight is 314 g/mol. The fourth-order valence-electron chi connectivity index (χ4n) is 2.18. The molecule has 0 spiro atoms. The summed E-state index contributed by atoms with van der Waals surface area (Å²) in [5.41, 5.74) is -0.421. The summed E-state index contributed by atoms with van der Waals surface area (Å²) in [5, 5.41) is 10.8. The van der Waals surface area contributed by atoms with E-state index in [0.717, 1.165) is 4.57 Å². The fraction of sp³-hybridized carbons (Fsp3) is 0.0667. The van der Waals surface area contributed by atoms with Crippen molar-refractivity contribution in [3.8, 4) is 11.4 Å². The van der Waals surface area contributed by atoms with Gasteiger partial charge in [-0.05, 0) is 30.3 Å². The Labute approximate surface area is 128 Å². The number of hydrogen-bond donors (Lipinski definition) is 0. The lowest BCUT2D eigenvalue weighted by molar-refractivity contribution is -0.384. The van der Waals surface area contributed by atoms with E-state index in [9.17, 15) is 19.7 Å². The van der Waals surface area contributed by atoms with Crippen LogP contribution >= 0.6 is 0 Å². The maximum absolute atomic E-state index is 12.6. The van der Waals surface area contributed by atoms with E-state index in [4.69, 9.17) is 9.15 Å². The number of rotatable bonds is 3. The van der Waals surface area contributed by atoms with Crippen LogP contribution < -0.4 is 16.1 Å². The van der Waals surface area contributed by atoms with Gasteiger partial charge in [-0.3, -0.25) is 14.9 Å². The van der Waals surface area contributed by atoms with Gasteiger partial charge in [-0.15, -0.1) is 0 Å². The lowest BCUT2D eigenvalue weighted by Gasteiger charge is -2.06. The minimum atomic E-state index is -0.874. The van der Waals surface area contributed by atoms with E-state index in [1.807, 2.05) is 0 Å². The number of aromatic nitrogens is 1. The van der Waals surface area contributed by atoms with Crippen molar-refractivity contribution in [1.82, 2.24) is 4.57 Å². The number of nitro groups is 1. The maximum atomic E-state index is 12.6. The standard InChI is InChI=1S/C15H10N2O6/c1-22-11-6-7-13-12(8-11)14(18)16(15(19)23-13)9-2-4-10(5-3-9)17(20)21/h2-8H,1H3. The van der Waals surface area contributed by atoms with E-state index in [0.29, 0.717) is 5.75 Å². The first-order chi connectivity index (χ1) is 11.0. The van der Waals surface area contributed by atoms with Crippen LogP contribution in [0.15, 0.2) is 56.5 Å². The normalized spacial score (nSPS) is 10.7. The van der Waals surface area contributed by atoms with Gasteiger partial charge in [0.25, 0.3) is 11.2 Å². The van der Waals surface area contributed by atoms with Crippen LogP contribution in [-0.4, -0.2) is 16.6 Å². The van der Waals surface area contributed by atoms with Crippen molar-refractivity contribution in [3.05, 3.63) is 73.5 Å². The first kappa shape index (κ1) is 14.5. The highest BCUT2D eigenvalue weighted by Crippen LogP contribution is 2.18. The molecule has 0 fully saturated rings. The number of hydrogen-bond acceptors (Lipinski definition) is 6. The highest BCUT2D eigenvalue weighted by atomic mass is 16.6. The largest absolute Gasteiger partial charge is 0.497 e. The van der Waals surface area contributed by atoms with Crippen molar-refractivity contribution < 1.29 is 14.1 Å². The Kier molecular flexibility index (Phi) is 3.41. The third-order valence-electron chi connectivity index (χ3n) is 3.32. The summed E-state index contributed by atoms with van der Waals surface area (Å²) in [6.45, 7) is 0. The maximum Gasteiger partial charge on any atom is 0.426 e. The zero-order chi connectivity index (χ0) is 16.6. The van der Waals surface area contributed by atoms with Crippen LogP contribution in [0.3, 0.4) is 0 Å². The number of non-ortho nitro benzene ring substituents is 1. The molecule has 1 aromatic heterocycles. The molecule has 3 rings (SSSR count). The minimum absolute atomic E-state index is 0.138. The second kappa shape index (κ2) is 5.41. The molecule has 0 N–H and O–H groups in total. The van der Waals surface area contributed by atoms with Gasteiger partial charge in [0.2, 0.25) is 0 Å². The second-order valence-corrected chi connectivity index (χ2v) is 4.64. The van der Waals surface area contributed by atoms with Crippen molar-refractivity contribution in [3.63, 3.8) is 0 Å². The lowest BCUT2D eigenvalue weighted by Crippen LogP contribution is -2.30. The highest BCUT2D eigenvalue weighted by molar-refractivity contribution is 5.77. The molecule has 0 unspecified atom stereocenters. The van der Waals surface area contributed by atoms with Crippen LogP contribution in [0, 0.1) is 10.1 Å². The molecule has 0 radical (unpaired) electrons. The topological polar surface area (TPSA) is 105 Å². The van der Waals surface area contributed by atoms with Gasteiger partial charge in [0.05, 0.1) is 23.1 Å². The third kappa shape index (κ3) is 2.46. The Morgan fingerprint density at radius 3 is 2.43 bits per heavy atom. The van der Waals surface area contributed by atoms with Gasteiger partial charge in [0, 0.05) is 12.1 Å². The van der Waals surface area contributed by atoms with Crippen LogP contribution in [0.5, 0.6) is 5.75 Å². The molecule has 0 aliphatic heterocycles. The number of fused-ring (bicyclic) bond motifs is 1. The third-order valence-corrected chi connectivity index (χ3v) is 3.32. The molecule has 0 amide bonds. The summed E-state index contributed by atoms with van der Waals surface area (Å²) in [6.07, 6.45) is 0. The predicted octanol–water partition coefficient (Wildman–Crippen LogP) is 1.86. The van der Waals surface area contributed by atoms with Gasteiger partial charge in [0.15, 0.2) is 0 Å². The molecule has 0 saturated carbocycles. The van der Waals surface area contributed by atoms with Crippen molar-refractivity contribution in [2.75, 3.05) is 7.11 Å². The summed E-state index contributed by atoms with van der Waals surface area (Å²) >= 11 is 0. The summed E-state index contributed by atoms with van der Waals surface area (Å²) in [7, 11) is 1.45. The first-order valence-electron chi connectivity index (χ1n) is 6.50. The average Bonchev–Trinajstić information content (AvgIpc) is 2.55. The SMILES string of the molecule is COc1ccc2oc(=O)n(-c3ccc([N+](=O)[O-])cc3)c(=O)c2c1. The molecule has 23 heavy (non-hydrogen) atoms. The van der Waals surface area contributed by atoms with Crippen LogP contribution in [0.25, 0.3) is 16.7 Å². The molecule has 1 heterocycles. The smallest absolute Gasteiger partial charge is 0.426 e. The van der Waals surface area contributed by atoms with Crippen molar-refractivity contribution in [2.45, 2.75) is 0 Å². The number of nitrogens with zero attached hydrogens (tertiary/aromatic N) is 2. The lowest BCUT2D eigenvalue weighted by atomic mass is 10.2. The Bertz CT molecular complexity index is 1020. The molecule has 0 saturated heterocycles. The molecule has 0 bridgehead atoms. The van der Waals surface area contributed by atoms with E-state index in [1.165, 1.54) is 43.5 Å². The van der Waals surface area contributed by atoms with Gasteiger partial charge in [-0.2, -0.15) is 0 Å². The van der Waals surface area contributed by atoms with Crippen molar-refractivity contribution >= 4 is 16.7 Å². The number of nitro benzene ring substituents is 1. The molecular weight excluding hydrogens is 304 g/mol. The summed E-state index contributed by atoms with van der Waals surface area (Å²) in [6, 6.07) is 9.53. The zero-order valence-corrected chi connectivity index (χ0v) is 11.9. The van der Waals surface area contributed by atoms with Gasteiger partial charge in [0.1, 0.15) is 11.3 Å². The van der Waals surface area contributed by atoms with Crippen LogP contribution in [-0.2, 0) is 0 Å². The molecule has 2 aromatic carbocycles. The summed E-state index contributed by atoms with van der Waals surface area (Å²) < 4.78 is 11.0. The van der Waals surface area contributed by atoms with Crippen molar-refractivity contribution in [2.24, 2.45) is 0 Å². The molecule has 0 aliphatic rings. The predicted molar refractivity (Wildman–Crippen MR) is 81.3 cm³/mol. The molecule has 0 aliphatic carbocycles. The van der Waals surface area contributed by atoms with Crippen molar-refractivity contribution in [1.29, 1.82) is 0 Å². The number of benzene rings is 2. The van der Waals surface area contributed by atoms with E-state index in [1.54, 1.807) is 6.07 Å². The Morgan fingerprint density at radius 2 is 1.83 bits per heavy atom. The molecule has 3 aromatic rings. The zero-order valence-electron chi connectivity index (χ0n) is 11.9. The van der Waals surface area contributed by atoms with E-state index >= 15 is 0 Å². The van der Waals surface area contributed by atoms with Crippen LogP contribution in [0.1, 0.15) is 0 Å². The van der Waals surface area contributed by atoms with Gasteiger partial charge in [-0.25, -0.2) is 9.36 Å². The molecule has 8 heteroatoms. The quantitative estimate of drug-likeness (QED) is 0.540.